The summed E-state index contributed by atoms with van der Waals surface area (Å²) in [6.07, 6.45) is 15.6. The van der Waals surface area contributed by atoms with Crippen molar-refractivity contribution in [3.05, 3.63) is 24.0 Å². The lowest BCUT2D eigenvalue weighted by Gasteiger charge is -2.30. The Bertz CT molecular complexity index is 391. The van der Waals surface area contributed by atoms with Gasteiger partial charge in [0.05, 0.1) is 13.3 Å². The molecular weight excluding hydrogens is 258 g/mol. The Morgan fingerprint density at radius 2 is 1.62 bits per heavy atom. The molecule has 1 heterocycles. The van der Waals surface area contributed by atoms with Gasteiger partial charge in [-0.15, -0.1) is 0 Å². The van der Waals surface area contributed by atoms with Crippen LogP contribution in [-0.4, -0.2) is 12.1 Å². The van der Waals surface area contributed by atoms with Gasteiger partial charge in [-0.05, 0) is 29.9 Å². The van der Waals surface area contributed by atoms with Crippen LogP contribution in [0.2, 0.25) is 0 Å². The van der Waals surface area contributed by atoms with Crippen LogP contribution in [0.4, 0.5) is 0 Å². The van der Waals surface area contributed by atoms with Gasteiger partial charge in [0, 0.05) is 6.20 Å². The van der Waals surface area contributed by atoms with Crippen LogP contribution in [0.15, 0.2) is 18.5 Å². The number of aromatic nitrogens is 1. The highest BCUT2D eigenvalue weighted by atomic mass is 16.5. The van der Waals surface area contributed by atoms with Crippen molar-refractivity contribution in [1.82, 2.24) is 4.98 Å². The summed E-state index contributed by atoms with van der Waals surface area (Å²) in [4.78, 5) is 4.36. The Labute approximate surface area is 131 Å². The number of unbranched alkanes of at least 4 members (excludes halogenated alkanes) is 5. The van der Waals surface area contributed by atoms with Crippen molar-refractivity contribution in [3.8, 4) is 5.75 Å². The molecule has 0 aromatic carbocycles. The molecule has 1 aromatic rings. The molecule has 1 rings (SSSR count). The van der Waals surface area contributed by atoms with Gasteiger partial charge < -0.3 is 4.74 Å². The van der Waals surface area contributed by atoms with Crippen molar-refractivity contribution in [2.24, 2.45) is 0 Å². The van der Waals surface area contributed by atoms with Crippen LogP contribution >= 0.6 is 0 Å². The molecule has 2 nitrogen and oxygen atoms in total. The average Bonchev–Trinajstić information content (AvgIpc) is 2.53. The first kappa shape index (κ1) is 18.0. The highest BCUT2D eigenvalue weighted by molar-refractivity contribution is 5.29. The van der Waals surface area contributed by atoms with Gasteiger partial charge in [-0.25, -0.2) is 0 Å². The molecule has 21 heavy (non-hydrogen) atoms. The summed E-state index contributed by atoms with van der Waals surface area (Å²) in [5.74, 6) is 0.876. The number of hydrogen-bond acceptors (Lipinski definition) is 2. The molecule has 0 aliphatic carbocycles. The van der Waals surface area contributed by atoms with Crippen LogP contribution in [0.1, 0.15) is 84.1 Å². The molecule has 0 radical (unpaired) electrons. The lowest BCUT2D eigenvalue weighted by atomic mass is 9.75. The van der Waals surface area contributed by atoms with E-state index in [1.807, 2.05) is 6.20 Å². The summed E-state index contributed by atoms with van der Waals surface area (Å²) >= 11 is 0. The maximum absolute atomic E-state index is 5.35. The van der Waals surface area contributed by atoms with E-state index in [4.69, 9.17) is 4.74 Å². The fourth-order valence-corrected chi connectivity index (χ4v) is 2.96. The van der Waals surface area contributed by atoms with E-state index in [0.29, 0.717) is 0 Å². The molecule has 120 valence electrons. The molecule has 0 saturated carbocycles. The summed E-state index contributed by atoms with van der Waals surface area (Å²) in [7, 11) is 1.72. The highest BCUT2D eigenvalue weighted by Crippen LogP contribution is 2.36. The predicted octanol–water partition coefficient (Wildman–Crippen LogP) is 5.90. The van der Waals surface area contributed by atoms with Gasteiger partial charge in [0.1, 0.15) is 5.75 Å². The molecule has 0 saturated heterocycles. The van der Waals surface area contributed by atoms with Gasteiger partial charge in [0.2, 0.25) is 0 Å². The summed E-state index contributed by atoms with van der Waals surface area (Å²) in [5.41, 5.74) is 1.58. The van der Waals surface area contributed by atoms with Crippen molar-refractivity contribution in [3.63, 3.8) is 0 Å². The third-order valence-electron chi connectivity index (χ3n) is 4.56. The van der Waals surface area contributed by atoms with Gasteiger partial charge >= 0.3 is 0 Å². The lowest BCUT2D eigenvalue weighted by molar-refractivity contribution is 0.362. The number of pyridine rings is 1. The van der Waals surface area contributed by atoms with Crippen LogP contribution in [0, 0.1) is 0 Å². The Morgan fingerprint density at radius 3 is 2.29 bits per heavy atom. The maximum atomic E-state index is 5.35. The molecule has 0 aliphatic heterocycles. The van der Waals surface area contributed by atoms with Crippen molar-refractivity contribution in [2.75, 3.05) is 7.11 Å². The second kappa shape index (κ2) is 9.81. The average molecular weight is 291 g/mol. The van der Waals surface area contributed by atoms with E-state index in [0.717, 1.165) is 5.75 Å². The third-order valence-corrected chi connectivity index (χ3v) is 4.56. The first-order chi connectivity index (χ1) is 10.2. The maximum Gasteiger partial charge on any atom is 0.137 e. The molecule has 0 aliphatic rings. The molecule has 0 amide bonds. The second-order valence-electron chi connectivity index (χ2n) is 6.44. The molecule has 2 heteroatoms. The molecule has 1 unspecified atom stereocenters. The van der Waals surface area contributed by atoms with Gasteiger partial charge in [0.25, 0.3) is 0 Å². The van der Waals surface area contributed by atoms with Gasteiger partial charge in [0.15, 0.2) is 0 Å². The summed E-state index contributed by atoms with van der Waals surface area (Å²) < 4.78 is 5.35. The molecule has 1 atom stereocenters. The minimum atomic E-state index is 0.240. The van der Waals surface area contributed by atoms with E-state index >= 15 is 0 Å². The van der Waals surface area contributed by atoms with Crippen molar-refractivity contribution >= 4 is 0 Å². The van der Waals surface area contributed by atoms with Gasteiger partial charge in [-0.3, -0.25) is 4.98 Å². The largest absolute Gasteiger partial charge is 0.495 e. The Kier molecular flexibility index (Phi) is 8.41. The van der Waals surface area contributed by atoms with Crippen molar-refractivity contribution < 1.29 is 4.74 Å². The Balaban J connectivity index is 2.71. The number of nitrogens with zero attached hydrogens (tertiary/aromatic N) is 1. The van der Waals surface area contributed by atoms with Crippen LogP contribution in [-0.2, 0) is 5.41 Å². The van der Waals surface area contributed by atoms with E-state index < -0.39 is 0 Å². The van der Waals surface area contributed by atoms with E-state index in [-0.39, 0.29) is 5.41 Å². The zero-order valence-electron chi connectivity index (χ0n) is 14.5. The zero-order chi connectivity index (χ0) is 15.6. The van der Waals surface area contributed by atoms with E-state index in [9.17, 15) is 0 Å². The lowest BCUT2D eigenvalue weighted by Crippen LogP contribution is -2.22. The van der Waals surface area contributed by atoms with Crippen LogP contribution in [0.5, 0.6) is 5.75 Å². The Hall–Kier alpha value is -1.05. The fraction of sp³-hybridized carbons (Fsp3) is 0.737. The smallest absolute Gasteiger partial charge is 0.137 e. The molecular formula is C19H33NO. The molecule has 0 spiro atoms. The van der Waals surface area contributed by atoms with E-state index in [1.54, 1.807) is 13.3 Å². The first-order valence-electron chi connectivity index (χ1n) is 8.65. The normalized spacial score (nSPS) is 13.9. The fourth-order valence-electron chi connectivity index (χ4n) is 2.96. The number of ether oxygens (including phenoxy) is 1. The van der Waals surface area contributed by atoms with Crippen LogP contribution < -0.4 is 4.74 Å². The van der Waals surface area contributed by atoms with Gasteiger partial charge in [-0.2, -0.15) is 0 Å². The molecule has 1 aromatic heterocycles. The summed E-state index contributed by atoms with van der Waals surface area (Å²) in [6, 6.07) is 2.18. The first-order valence-corrected chi connectivity index (χ1v) is 8.65. The molecule has 0 N–H and O–H groups in total. The van der Waals surface area contributed by atoms with Crippen molar-refractivity contribution in [1.29, 1.82) is 0 Å². The predicted molar refractivity (Wildman–Crippen MR) is 91.0 cm³/mol. The number of methoxy groups -OCH3 is 1. The molecule has 0 bridgehead atoms. The minimum Gasteiger partial charge on any atom is -0.495 e. The Morgan fingerprint density at radius 1 is 0.952 bits per heavy atom. The van der Waals surface area contributed by atoms with E-state index in [2.05, 4.69) is 31.8 Å². The third kappa shape index (κ3) is 6.07. The van der Waals surface area contributed by atoms with E-state index in [1.165, 1.54) is 63.4 Å². The number of hydrogen-bond donors (Lipinski definition) is 0. The zero-order valence-corrected chi connectivity index (χ0v) is 14.5. The molecule has 0 fully saturated rings. The second-order valence-corrected chi connectivity index (χ2v) is 6.44. The summed E-state index contributed by atoms with van der Waals surface area (Å²) in [5, 5.41) is 0. The monoisotopic (exact) mass is 291 g/mol. The van der Waals surface area contributed by atoms with Gasteiger partial charge in [-0.1, -0.05) is 65.7 Å². The standard InChI is InChI=1S/C19H33NO/c1-5-7-9-10-11-13-19(3,12-8-6-2)17-14-18(21-4)16-20-15-17/h14-16H,5-13H2,1-4H3. The summed E-state index contributed by atoms with van der Waals surface area (Å²) in [6.45, 7) is 6.94. The minimum absolute atomic E-state index is 0.240. The van der Waals surface area contributed by atoms with Crippen LogP contribution in [0.25, 0.3) is 0 Å². The SMILES string of the molecule is CCCCCCCC(C)(CCCC)c1cncc(OC)c1. The quantitative estimate of drug-likeness (QED) is 0.474. The van der Waals surface area contributed by atoms with Crippen LogP contribution in [0.3, 0.4) is 0 Å². The number of rotatable bonds is 11. The topological polar surface area (TPSA) is 22.1 Å². The van der Waals surface area contributed by atoms with Crippen molar-refractivity contribution in [2.45, 2.75) is 84.0 Å². The highest BCUT2D eigenvalue weighted by Gasteiger charge is 2.26.